The number of rotatable bonds is 4. The van der Waals surface area contributed by atoms with Gasteiger partial charge in [0, 0.05) is 0 Å². The molecule has 4 aliphatic rings. The van der Waals surface area contributed by atoms with Gasteiger partial charge in [-0.2, -0.15) is 0 Å². The molecule has 2 aromatic rings. The number of ether oxygens (including phenoxy) is 2. The molecule has 0 saturated heterocycles. The zero-order chi connectivity index (χ0) is 16.3. The Balaban J connectivity index is 1.91. The van der Waals surface area contributed by atoms with E-state index in [-0.39, 0.29) is 13.2 Å². The highest BCUT2D eigenvalue weighted by molar-refractivity contribution is 5.44. The molecule has 23 heavy (non-hydrogen) atoms. The van der Waals surface area contributed by atoms with Gasteiger partial charge in [0.25, 0.3) is 0 Å². The van der Waals surface area contributed by atoms with Gasteiger partial charge in [0.05, 0.1) is 18.6 Å². The molecule has 0 fully saturated rings. The van der Waals surface area contributed by atoms with Gasteiger partial charge in [-0.05, 0) is 35.4 Å². The van der Waals surface area contributed by atoms with Crippen molar-refractivity contribution < 1.29 is 19.7 Å². The molecule has 4 heteroatoms. The quantitative estimate of drug-likeness (QED) is 0.911. The molecule has 0 aromatic heterocycles. The van der Waals surface area contributed by atoms with E-state index < -0.39 is 16.6 Å². The third-order valence-electron chi connectivity index (χ3n) is 5.69. The lowest BCUT2D eigenvalue weighted by Gasteiger charge is -2.57. The van der Waals surface area contributed by atoms with Crippen LogP contribution in [0.5, 0.6) is 11.5 Å². The van der Waals surface area contributed by atoms with Crippen molar-refractivity contribution in [1.82, 2.24) is 0 Å². The van der Waals surface area contributed by atoms with Crippen molar-refractivity contribution in [2.24, 2.45) is 5.41 Å². The van der Waals surface area contributed by atoms with E-state index in [1.165, 1.54) is 0 Å². The van der Waals surface area contributed by atoms with Gasteiger partial charge in [0.15, 0.2) is 11.2 Å². The maximum Gasteiger partial charge on any atom is 0.166 e. The number of aliphatic hydroxyl groups is 2. The van der Waals surface area contributed by atoms with Crippen LogP contribution in [-0.4, -0.2) is 23.4 Å². The smallest absolute Gasteiger partial charge is 0.166 e. The Bertz CT molecular complexity index is 671. The highest BCUT2D eigenvalue weighted by atomic mass is 16.5. The van der Waals surface area contributed by atoms with Crippen LogP contribution in [0.3, 0.4) is 0 Å². The Morgan fingerprint density at radius 3 is 1.30 bits per heavy atom. The monoisotopic (exact) mass is 312 g/mol. The van der Waals surface area contributed by atoms with Gasteiger partial charge in [0.2, 0.25) is 0 Å². The average Bonchev–Trinajstić information content (AvgIpc) is 2.62. The van der Waals surface area contributed by atoms with Crippen LogP contribution < -0.4 is 9.47 Å². The molecule has 0 radical (unpaired) electrons. The number of fused-ring (bicyclic) bond motifs is 6. The average molecular weight is 312 g/mol. The highest BCUT2D eigenvalue weighted by Gasteiger charge is 2.64. The van der Waals surface area contributed by atoms with E-state index in [0.29, 0.717) is 11.5 Å². The van der Waals surface area contributed by atoms with Gasteiger partial charge < -0.3 is 19.7 Å². The summed E-state index contributed by atoms with van der Waals surface area (Å²) in [6.07, 6.45) is 0. The van der Waals surface area contributed by atoms with Crippen molar-refractivity contribution >= 4 is 0 Å². The molecule has 4 bridgehead atoms. The van der Waals surface area contributed by atoms with Crippen LogP contribution in [0.15, 0.2) is 48.5 Å². The summed E-state index contributed by atoms with van der Waals surface area (Å²) in [5.41, 5.74) is -0.897. The zero-order valence-corrected chi connectivity index (χ0v) is 13.2. The Labute approximate surface area is 135 Å². The molecular formula is C19H20O4. The van der Waals surface area contributed by atoms with E-state index in [0.717, 1.165) is 11.1 Å². The van der Waals surface area contributed by atoms with Crippen LogP contribution in [0.4, 0.5) is 0 Å². The summed E-state index contributed by atoms with van der Waals surface area (Å²) in [7, 11) is 0. The summed E-state index contributed by atoms with van der Waals surface area (Å²) in [5, 5.41) is 20.6. The van der Waals surface area contributed by atoms with Gasteiger partial charge in [-0.25, -0.2) is 0 Å². The maximum atomic E-state index is 10.3. The van der Waals surface area contributed by atoms with Crippen LogP contribution in [0.25, 0.3) is 0 Å². The lowest BCUT2D eigenvalue weighted by molar-refractivity contribution is -0.200. The first-order chi connectivity index (χ1) is 11.0. The highest BCUT2D eigenvalue weighted by Crippen LogP contribution is 2.58. The van der Waals surface area contributed by atoms with Gasteiger partial charge in [-0.3, -0.25) is 0 Å². The first-order valence-electron chi connectivity index (χ1n) is 7.80. The number of hydrogen-bond acceptors (Lipinski definition) is 4. The van der Waals surface area contributed by atoms with Gasteiger partial charge in [-0.15, -0.1) is 0 Å². The van der Waals surface area contributed by atoms with Gasteiger partial charge in [0.1, 0.15) is 11.5 Å². The molecule has 2 atom stereocenters. The van der Waals surface area contributed by atoms with E-state index >= 15 is 0 Å². The first-order valence-corrected chi connectivity index (χ1v) is 7.80. The second kappa shape index (κ2) is 4.49. The standard InChI is InChI=1S/C19H20O4/c1-17(2,18(11-20)13-3-7-15(22-18)8-4-13)19(12-21)14-5-9-16(23-19)10-6-14/h3-10,20-21H,11-12H2,1-2H3. The lowest BCUT2D eigenvalue weighted by atomic mass is 9.58. The van der Waals surface area contributed by atoms with E-state index in [2.05, 4.69) is 0 Å². The van der Waals surface area contributed by atoms with Crippen molar-refractivity contribution in [3.05, 3.63) is 59.7 Å². The zero-order valence-electron chi connectivity index (χ0n) is 13.2. The molecule has 4 aliphatic heterocycles. The predicted molar refractivity (Wildman–Crippen MR) is 85.4 cm³/mol. The first kappa shape index (κ1) is 14.5. The SMILES string of the molecule is CC(C)(C1(CO)Oc2ccc1cc2)C1(CO)Oc2ccc1cc2. The molecule has 0 spiro atoms. The second-order valence-electron chi connectivity index (χ2n) is 6.85. The molecule has 0 aliphatic carbocycles. The fraction of sp³-hybridized carbons (Fsp3) is 0.368. The summed E-state index contributed by atoms with van der Waals surface area (Å²) >= 11 is 0. The fourth-order valence-corrected chi connectivity index (χ4v) is 4.05. The minimum Gasteiger partial charge on any atom is -0.479 e. The van der Waals surface area contributed by atoms with Crippen molar-refractivity contribution in [2.45, 2.75) is 25.0 Å². The summed E-state index contributed by atoms with van der Waals surface area (Å²) in [6.45, 7) is 3.56. The molecule has 2 unspecified atom stereocenters. The van der Waals surface area contributed by atoms with Crippen molar-refractivity contribution in [3.63, 3.8) is 0 Å². The molecule has 4 heterocycles. The summed E-state index contributed by atoms with van der Waals surface area (Å²) in [5.74, 6) is 1.42. The molecule has 4 nitrogen and oxygen atoms in total. The van der Waals surface area contributed by atoms with Crippen molar-refractivity contribution in [1.29, 1.82) is 0 Å². The number of hydrogen-bond donors (Lipinski definition) is 2. The number of benzene rings is 2. The molecule has 6 rings (SSSR count). The van der Waals surface area contributed by atoms with Gasteiger partial charge in [-0.1, -0.05) is 38.1 Å². The largest absolute Gasteiger partial charge is 0.479 e. The predicted octanol–water partition coefficient (Wildman–Crippen LogP) is 2.57. The topological polar surface area (TPSA) is 58.9 Å². The van der Waals surface area contributed by atoms with Crippen molar-refractivity contribution in [2.75, 3.05) is 13.2 Å². The third kappa shape index (κ3) is 1.57. The normalized spacial score (nSPS) is 27.7. The molecule has 0 saturated carbocycles. The van der Waals surface area contributed by atoms with E-state index in [9.17, 15) is 10.2 Å². The number of aliphatic hydroxyl groups excluding tert-OH is 2. The molecule has 2 N–H and O–H groups in total. The minimum atomic E-state index is -0.971. The van der Waals surface area contributed by atoms with E-state index in [4.69, 9.17) is 9.47 Å². The molecule has 120 valence electrons. The van der Waals surface area contributed by atoms with Crippen LogP contribution >= 0.6 is 0 Å². The van der Waals surface area contributed by atoms with Crippen LogP contribution in [0, 0.1) is 5.41 Å². The van der Waals surface area contributed by atoms with Crippen molar-refractivity contribution in [3.8, 4) is 11.5 Å². The lowest BCUT2D eigenvalue weighted by Crippen LogP contribution is -2.64. The van der Waals surface area contributed by atoms with Crippen LogP contribution in [0.2, 0.25) is 0 Å². The fourth-order valence-electron chi connectivity index (χ4n) is 4.05. The van der Waals surface area contributed by atoms with E-state index in [1.54, 1.807) is 0 Å². The maximum absolute atomic E-state index is 10.3. The second-order valence-corrected chi connectivity index (χ2v) is 6.85. The summed E-state index contributed by atoms with van der Waals surface area (Å²) in [4.78, 5) is 0. The Morgan fingerprint density at radius 1 is 0.739 bits per heavy atom. The van der Waals surface area contributed by atoms with Crippen LogP contribution in [0.1, 0.15) is 25.0 Å². The molecular weight excluding hydrogens is 292 g/mol. The Morgan fingerprint density at radius 2 is 1.09 bits per heavy atom. The Kier molecular flexibility index (Phi) is 2.84. The van der Waals surface area contributed by atoms with E-state index in [1.807, 2.05) is 62.4 Å². The summed E-state index contributed by atoms with van der Waals surface area (Å²) in [6, 6.07) is 15.4. The molecule has 2 aromatic carbocycles. The minimum absolute atomic E-state index is 0.200. The Hall–Kier alpha value is -2.04. The molecule has 0 amide bonds. The van der Waals surface area contributed by atoms with Gasteiger partial charge >= 0.3 is 0 Å². The summed E-state index contributed by atoms with van der Waals surface area (Å²) < 4.78 is 12.3. The third-order valence-corrected chi connectivity index (χ3v) is 5.69. The van der Waals surface area contributed by atoms with Crippen LogP contribution in [-0.2, 0) is 11.2 Å².